The number of rotatable bonds is 2. The second-order valence-corrected chi connectivity index (χ2v) is 8.22. The molecule has 1 unspecified atom stereocenters. The van der Waals surface area contributed by atoms with Crippen LogP contribution in [0.3, 0.4) is 0 Å². The van der Waals surface area contributed by atoms with Gasteiger partial charge in [-0.05, 0) is 37.6 Å². The van der Waals surface area contributed by atoms with Gasteiger partial charge in [-0.2, -0.15) is 0 Å². The first-order valence-electron chi connectivity index (χ1n) is 7.20. The molecular formula is C15H20N2O3S. The van der Waals surface area contributed by atoms with E-state index in [1.807, 2.05) is 4.90 Å². The van der Waals surface area contributed by atoms with Crippen LogP contribution >= 0.6 is 0 Å². The van der Waals surface area contributed by atoms with E-state index in [4.69, 9.17) is 0 Å². The van der Waals surface area contributed by atoms with Gasteiger partial charge in [-0.1, -0.05) is 6.07 Å². The molecule has 1 atom stereocenters. The highest BCUT2D eigenvalue weighted by atomic mass is 32.2. The standard InChI is InChI=1S/C15H20N2O3S/c1-21(19,20)13-4-2-3-12(9-13)14(18)17-8-6-15(11-17)5-7-16-10-15/h2-4,9,16H,5-8,10-11H2,1H3. The molecule has 2 aliphatic heterocycles. The number of amides is 1. The Morgan fingerprint density at radius 2 is 2.14 bits per heavy atom. The maximum Gasteiger partial charge on any atom is 0.253 e. The van der Waals surface area contributed by atoms with Crippen molar-refractivity contribution in [3.63, 3.8) is 0 Å². The molecule has 2 fully saturated rings. The summed E-state index contributed by atoms with van der Waals surface area (Å²) in [6.45, 7) is 3.51. The Bertz CT molecular complexity index is 663. The number of nitrogens with zero attached hydrogens (tertiary/aromatic N) is 1. The van der Waals surface area contributed by atoms with Crippen molar-refractivity contribution in [3.8, 4) is 0 Å². The highest BCUT2D eigenvalue weighted by Crippen LogP contribution is 2.36. The Hall–Kier alpha value is -1.40. The third kappa shape index (κ3) is 2.82. The van der Waals surface area contributed by atoms with E-state index in [1.165, 1.54) is 12.1 Å². The summed E-state index contributed by atoms with van der Waals surface area (Å²) in [6.07, 6.45) is 3.29. The smallest absolute Gasteiger partial charge is 0.253 e. The van der Waals surface area contributed by atoms with Gasteiger partial charge in [-0.3, -0.25) is 4.79 Å². The fourth-order valence-electron chi connectivity index (χ4n) is 3.29. The maximum absolute atomic E-state index is 12.6. The van der Waals surface area contributed by atoms with E-state index in [1.54, 1.807) is 12.1 Å². The van der Waals surface area contributed by atoms with Crippen molar-refractivity contribution in [2.75, 3.05) is 32.4 Å². The number of hydrogen-bond acceptors (Lipinski definition) is 4. The third-order valence-electron chi connectivity index (χ3n) is 4.57. The number of sulfone groups is 1. The van der Waals surface area contributed by atoms with Crippen LogP contribution in [-0.4, -0.2) is 51.7 Å². The van der Waals surface area contributed by atoms with E-state index >= 15 is 0 Å². The average molecular weight is 308 g/mol. The zero-order valence-corrected chi connectivity index (χ0v) is 12.9. The number of nitrogens with one attached hydrogen (secondary N) is 1. The zero-order chi connectivity index (χ0) is 15.1. The second-order valence-electron chi connectivity index (χ2n) is 6.20. The van der Waals surface area contributed by atoms with Crippen LogP contribution in [0.4, 0.5) is 0 Å². The van der Waals surface area contributed by atoms with E-state index in [0.717, 1.165) is 45.3 Å². The lowest BCUT2D eigenvalue weighted by Crippen LogP contribution is -2.33. The number of hydrogen-bond donors (Lipinski definition) is 1. The monoisotopic (exact) mass is 308 g/mol. The van der Waals surface area contributed by atoms with Crippen LogP contribution < -0.4 is 5.32 Å². The largest absolute Gasteiger partial charge is 0.338 e. The molecule has 0 bridgehead atoms. The van der Waals surface area contributed by atoms with Crippen molar-refractivity contribution in [2.24, 2.45) is 5.41 Å². The molecule has 1 N–H and O–H groups in total. The fourth-order valence-corrected chi connectivity index (χ4v) is 3.96. The van der Waals surface area contributed by atoms with Crippen molar-refractivity contribution in [2.45, 2.75) is 17.7 Å². The van der Waals surface area contributed by atoms with Crippen LogP contribution in [0.25, 0.3) is 0 Å². The van der Waals surface area contributed by atoms with Gasteiger partial charge < -0.3 is 10.2 Å². The molecule has 0 radical (unpaired) electrons. The molecule has 0 aromatic heterocycles. The molecule has 2 heterocycles. The summed E-state index contributed by atoms with van der Waals surface area (Å²) in [5.41, 5.74) is 0.685. The van der Waals surface area contributed by atoms with Crippen LogP contribution in [0, 0.1) is 5.41 Å². The summed E-state index contributed by atoms with van der Waals surface area (Å²) in [6, 6.07) is 6.33. The van der Waals surface area contributed by atoms with Gasteiger partial charge in [0.15, 0.2) is 9.84 Å². The Morgan fingerprint density at radius 3 is 2.81 bits per heavy atom. The summed E-state index contributed by atoms with van der Waals surface area (Å²) < 4.78 is 23.2. The normalized spacial score (nSPS) is 25.7. The molecule has 6 heteroatoms. The van der Waals surface area contributed by atoms with Crippen molar-refractivity contribution in [3.05, 3.63) is 29.8 Å². The van der Waals surface area contributed by atoms with E-state index < -0.39 is 9.84 Å². The van der Waals surface area contributed by atoms with Crippen LogP contribution in [-0.2, 0) is 9.84 Å². The molecule has 0 aliphatic carbocycles. The first-order valence-corrected chi connectivity index (χ1v) is 9.09. The summed E-state index contributed by atoms with van der Waals surface area (Å²) in [5.74, 6) is -0.0655. The van der Waals surface area contributed by atoms with E-state index in [9.17, 15) is 13.2 Å². The number of carbonyl (C=O) groups is 1. The van der Waals surface area contributed by atoms with E-state index in [-0.39, 0.29) is 16.2 Å². The van der Waals surface area contributed by atoms with Gasteiger partial charge in [0.05, 0.1) is 4.90 Å². The van der Waals surface area contributed by atoms with Gasteiger partial charge in [0.25, 0.3) is 5.91 Å². The van der Waals surface area contributed by atoms with Gasteiger partial charge in [0.1, 0.15) is 0 Å². The summed E-state index contributed by atoms with van der Waals surface area (Å²) in [7, 11) is -3.29. The molecular weight excluding hydrogens is 288 g/mol. The highest BCUT2D eigenvalue weighted by molar-refractivity contribution is 7.90. The minimum atomic E-state index is -3.29. The minimum absolute atomic E-state index is 0.0655. The molecule has 2 aliphatic rings. The molecule has 1 aromatic rings. The molecule has 3 rings (SSSR count). The lowest BCUT2D eigenvalue weighted by atomic mass is 9.86. The average Bonchev–Trinajstić information content (AvgIpc) is 3.08. The molecule has 1 amide bonds. The van der Waals surface area contributed by atoms with Crippen molar-refractivity contribution in [1.82, 2.24) is 10.2 Å². The maximum atomic E-state index is 12.6. The molecule has 1 aromatic carbocycles. The number of carbonyl (C=O) groups excluding carboxylic acids is 1. The van der Waals surface area contributed by atoms with Crippen LogP contribution in [0.5, 0.6) is 0 Å². The minimum Gasteiger partial charge on any atom is -0.338 e. The van der Waals surface area contributed by atoms with Gasteiger partial charge >= 0.3 is 0 Å². The molecule has 114 valence electrons. The van der Waals surface area contributed by atoms with Crippen LogP contribution in [0.2, 0.25) is 0 Å². The van der Waals surface area contributed by atoms with Gasteiger partial charge in [-0.15, -0.1) is 0 Å². The Labute approximate surface area is 125 Å². The Balaban J connectivity index is 1.80. The number of benzene rings is 1. The predicted molar refractivity (Wildman–Crippen MR) is 80.0 cm³/mol. The van der Waals surface area contributed by atoms with Gasteiger partial charge in [-0.25, -0.2) is 8.42 Å². The molecule has 21 heavy (non-hydrogen) atoms. The predicted octanol–water partition coefficient (Wildman–Crippen LogP) is 0.916. The summed E-state index contributed by atoms with van der Waals surface area (Å²) in [4.78, 5) is 14.6. The van der Waals surface area contributed by atoms with Crippen molar-refractivity contribution >= 4 is 15.7 Å². The van der Waals surface area contributed by atoms with Crippen molar-refractivity contribution < 1.29 is 13.2 Å². The third-order valence-corrected chi connectivity index (χ3v) is 5.68. The van der Waals surface area contributed by atoms with Crippen LogP contribution in [0.1, 0.15) is 23.2 Å². The molecule has 5 nitrogen and oxygen atoms in total. The second kappa shape index (κ2) is 5.10. The quantitative estimate of drug-likeness (QED) is 0.882. The lowest BCUT2D eigenvalue weighted by molar-refractivity contribution is 0.0775. The van der Waals surface area contributed by atoms with Crippen LogP contribution in [0.15, 0.2) is 29.2 Å². The first kappa shape index (κ1) is 14.5. The topological polar surface area (TPSA) is 66.5 Å². The Morgan fingerprint density at radius 1 is 1.33 bits per heavy atom. The first-order chi connectivity index (χ1) is 9.90. The highest BCUT2D eigenvalue weighted by Gasteiger charge is 2.41. The lowest BCUT2D eigenvalue weighted by Gasteiger charge is -2.22. The SMILES string of the molecule is CS(=O)(=O)c1cccc(C(=O)N2CCC3(CCNC3)C2)c1. The molecule has 2 saturated heterocycles. The molecule has 1 spiro atoms. The Kier molecular flexibility index (Phi) is 3.53. The number of likely N-dealkylation sites (tertiary alicyclic amines) is 1. The zero-order valence-electron chi connectivity index (χ0n) is 12.1. The van der Waals surface area contributed by atoms with E-state index in [2.05, 4.69) is 5.32 Å². The van der Waals surface area contributed by atoms with Gasteiger partial charge in [0.2, 0.25) is 0 Å². The van der Waals surface area contributed by atoms with Crippen molar-refractivity contribution in [1.29, 1.82) is 0 Å². The fraction of sp³-hybridized carbons (Fsp3) is 0.533. The van der Waals surface area contributed by atoms with E-state index in [0.29, 0.717) is 5.56 Å². The summed E-state index contributed by atoms with van der Waals surface area (Å²) in [5, 5.41) is 3.37. The summed E-state index contributed by atoms with van der Waals surface area (Å²) >= 11 is 0. The van der Waals surface area contributed by atoms with Gasteiger partial charge in [0, 0.05) is 36.9 Å². The molecule has 0 saturated carbocycles.